The number of anilines is 1. The Hall–Kier alpha value is -1.84. The SMILES string of the molecule is Cc1csc(NN=Cc2cc(F)c(F)cc2B(O)O)n1. The van der Waals surface area contributed by atoms with E-state index in [0.717, 1.165) is 24.0 Å². The molecule has 0 aliphatic rings. The minimum Gasteiger partial charge on any atom is -0.423 e. The van der Waals surface area contributed by atoms with Gasteiger partial charge in [0.25, 0.3) is 0 Å². The van der Waals surface area contributed by atoms with Gasteiger partial charge in [0.05, 0.1) is 11.9 Å². The number of hydrogen-bond donors (Lipinski definition) is 3. The van der Waals surface area contributed by atoms with Crippen molar-refractivity contribution in [3.63, 3.8) is 0 Å². The topological polar surface area (TPSA) is 77.7 Å². The van der Waals surface area contributed by atoms with Gasteiger partial charge in [0, 0.05) is 5.38 Å². The summed E-state index contributed by atoms with van der Waals surface area (Å²) in [4.78, 5) is 4.09. The zero-order chi connectivity index (χ0) is 14.7. The summed E-state index contributed by atoms with van der Waals surface area (Å²) in [6, 6.07) is 1.55. The number of nitrogens with one attached hydrogen (secondary N) is 1. The summed E-state index contributed by atoms with van der Waals surface area (Å²) < 4.78 is 26.2. The molecule has 0 radical (unpaired) electrons. The van der Waals surface area contributed by atoms with E-state index < -0.39 is 18.8 Å². The molecule has 0 saturated carbocycles. The van der Waals surface area contributed by atoms with E-state index in [9.17, 15) is 8.78 Å². The quantitative estimate of drug-likeness (QED) is 0.444. The second-order valence-corrected chi connectivity index (χ2v) is 4.79. The fourth-order valence-electron chi connectivity index (χ4n) is 1.48. The maximum Gasteiger partial charge on any atom is 0.489 e. The number of hydrazone groups is 1. The van der Waals surface area contributed by atoms with Gasteiger partial charge in [-0.25, -0.2) is 13.8 Å². The van der Waals surface area contributed by atoms with Gasteiger partial charge in [0.1, 0.15) is 0 Å². The van der Waals surface area contributed by atoms with E-state index in [1.807, 2.05) is 12.3 Å². The molecule has 0 fully saturated rings. The van der Waals surface area contributed by atoms with E-state index in [-0.39, 0.29) is 11.0 Å². The van der Waals surface area contributed by atoms with E-state index in [1.165, 1.54) is 11.3 Å². The number of thiazole rings is 1. The lowest BCUT2D eigenvalue weighted by molar-refractivity contribution is 0.425. The summed E-state index contributed by atoms with van der Waals surface area (Å²) >= 11 is 1.33. The molecular formula is C11H10BF2N3O2S. The maximum absolute atomic E-state index is 13.1. The molecule has 9 heteroatoms. The van der Waals surface area contributed by atoms with Crippen molar-refractivity contribution in [1.82, 2.24) is 4.98 Å². The predicted octanol–water partition coefficient (Wildman–Crippen LogP) is 0.856. The number of aromatic nitrogens is 1. The second kappa shape index (κ2) is 6.08. The fraction of sp³-hybridized carbons (Fsp3) is 0.0909. The standard InChI is InChI=1S/C11H10BF2N3O2S/c1-6-5-20-11(16-6)17-15-4-7-2-9(13)10(14)3-8(7)12(18)19/h2-5,18-19H,1H3,(H,16,17). The van der Waals surface area contributed by atoms with Gasteiger partial charge in [0.2, 0.25) is 5.13 Å². The first-order valence-corrected chi connectivity index (χ1v) is 6.41. The first-order chi connectivity index (χ1) is 9.47. The van der Waals surface area contributed by atoms with E-state index in [0.29, 0.717) is 5.13 Å². The normalized spacial score (nSPS) is 11.1. The van der Waals surface area contributed by atoms with Gasteiger partial charge in [-0.05, 0) is 30.1 Å². The number of nitrogens with zero attached hydrogens (tertiary/aromatic N) is 2. The van der Waals surface area contributed by atoms with Crippen molar-refractivity contribution in [3.8, 4) is 0 Å². The second-order valence-electron chi connectivity index (χ2n) is 3.93. The number of halogens is 2. The Balaban J connectivity index is 2.21. The monoisotopic (exact) mass is 297 g/mol. The third-order valence-electron chi connectivity index (χ3n) is 2.39. The smallest absolute Gasteiger partial charge is 0.423 e. The van der Waals surface area contributed by atoms with E-state index in [1.54, 1.807) is 0 Å². The molecule has 0 spiro atoms. The highest BCUT2D eigenvalue weighted by molar-refractivity contribution is 7.13. The molecule has 0 unspecified atom stereocenters. The Morgan fingerprint density at radius 3 is 2.65 bits per heavy atom. The highest BCUT2D eigenvalue weighted by Gasteiger charge is 2.18. The van der Waals surface area contributed by atoms with Gasteiger partial charge in [-0.1, -0.05) is 0 Å². The van der Waals surface area contributed by atoms with Crippen LogP contribution >= 0.6 is 11.3 Å². The summed E-state index contributed by atoms with van der Waals surface area (Å²) in [6.45, 7) is 1.82. The lowest BCUT2D eigenvalue weighted by Crippen LogP contribution is -2.33. The van der Waals surface area contributed by atoms with Crippen molar-refractivity contribution in [2.75, 3.05) is 5.43 Å². The Labute approximate surface area is 117 Å². The first-order valence-electron chi connectivity index (χ1n) is 5.53. The van der Waals surface area contributed by atoms with Crippen LogP contribution in [-0.4, -0.2) is 28.4 Å². The average Bonchev–Trinajstić information content (AvgIpc) is 2.79. The van der Waals surface area contributed by atoms with Crippen molar-refractivity contribution in [2.24, 2.45) is 5.10 Å². The molecule has 20 heavy (non-hydrogen) atoms. The van der Waals surface area contributed by atoms with Gasteiger partial charge >= 0.3 is 7.12 Å². The zero-order valence-electron chi connectivity index (χ0n) is 10.3. The minimum atomic E-state index is -1.92. The van der Waals surface area contributed by atoms with Crippen LogP contribution in [0, 0.1) is 18.6 Å². The third-order valence-corrected chi connectivity index (χ3v) is 3.25. The third kappa shape index (κ3) is 3.38. The Kier molecular flexibility index (Phi) is 4.43. The first kappa shape index (κ1) is 14.6. The largest absolute Gasteiger partial charge is 0.489 e. The lowest BCUT2D eigenvalue weighted by Gasteiger charge is -2.05. The molecule has 1 heterocycles. The molecule has 104 valence electrons. The average molecular weight is 297 g/mol. The number of benzene rings is 1. The maximum atomic E-state index is 13.1. The molecule has 0 aliphatic heterocycles. The highest BCUT2D eigenvalue weighted by Crippen LogP contribution is 2.14. The van der Waals surface area contributed by atoms with Crippen LogP contribution in [0.15, 0.2) is 22.6 Å². The van der Waals surface area contributed by atoms with Crippen LogP contribution in [0.25, 0.3) is 0 Å². The molecule has 0 saturated heterocycles. The molecule has 0 bridgehead atoms. The number of aryl methyl sites for hydroxylation is 1. The number of hydrogen-bond acceptors (Lipinski definition) is 6. The molecule has 5 nitrogen and oxygen atoms in total. The van der Waals surface area contributed by atoms with Crippen molar-refractivity contribution < 1.29 is 18.8 Å². The van der Waals surface area contributed by atoms with E-state index in [2.05, 4.69) is 15.5 Å². The van der Waals surface area contributed by atoms with Crippen LogP contribution in [-0.2, 0) is 0 Å². The Morgan fingerprint density at radius 1 is 1.35 bits per heavy atom. The van der Waals surface area contributed by atoms with Crippen LogP contribution < -0.4 is 10.9 Å². The Morgan fingerprint density at radius 2 is 2.05 bits per heavy atom. The van der Waals surface area contributed by atoms with Crippen LogP contribution in [0.2, 0.25) is 0 Å². The van der Waals surface area contributed by atoms with Crippen LogP contribution in [0.4, 0.5) is 13.9 Å². The summed E-state index contributed by atoms with van der Waals surface area (Å²) in [6.07, 6.45) is 1.16. The summed E-state index contributed by atoms with van der Waals surface area (Å²) in [5.74, 6) is -2.25. The molecular weight excluding hydrogens is 287 g/mol. The molecule has 0 amide bonds. The van der Waals surface area contributed by atoms with Gasteiger partial charge in [-0.15, -0.1) is 11.3 Å². The minimum absolute atomic E-state index is 0.0553. The molecule has 2 rings (SSSR count). The van der Waals surface area contributed by atoms with Gasteiger partial charge in [0.15, 0.2) is 11.6 Å². The summed E-state index contributed by atoms with van der Waals surface area (Å²) in [5, 5.41) is 24.4. The fourth-order valence-corrected chi connectivity index (χ4v) is 2.11. The van der Waals surface area contributed by atoms with E-state index >= 15 is 0 Å². The Bertz CT molecular complexity index is 649. The molecule has 1 aromatic heterocycles. The van der Waals surface area contributed by atoms with Crippen molar-refractivity contribution in [1.29, 1.82) is 0 Å². The van der Waals surface area contributed by atoms with Crippen LogP contribution in [0.5, 0.6) is 0 Å². The number of rotatable bonds is 4. The van der Waals surface area contributed by atoms with Crippen molar-refractivity contribution in [2.45, 2.75) is 6.92 Å². The van der Waals surface area contributed by atoms with Gasteiger partial charge in [-0.3, -0.25) is 5.43 Å². The molecule has 0 aliphatic carbocycles. The summed E-state index contributed by atoms with van der Waals surface area (Å²) in [7, 11) is -1.92. The molecule has 3 N–H and O–H groups in total. The summed E-state index contributed by atoms with van der Waals surface area (Å²) in [5.41, 5.74) is 3.32. The van der Waals surface area contributed by atoms with Crippen LogP contribution in [0.1, 0.15) is 11.3 Å². The lowest BCUT2D eigenvalue weighted by atomic mass is 9.77. The zero-order valence-corrected chi connectivity index (χ0v) is 11.2. The van der Waals surface area contributed by atoms with E-state index in [4.69, 9.17) is 10.0 Å². The molecule has 0 atom stereocenters. The predicted molar refractivity (Wildman–Crippen MR) is 74.3 cm³/mol. The molecule has 1 aromatic carbocycles. The van der Waals surface area contributed by atoms with Gasteiger partial charge < -0.3 is 10.0 Å². The van der Waals surface area contributed by atoms with Crippen LogP contribution in [0.3, 0.4) is 0 Å². The van der Waals surface area contributed by atoms with Gasteiger partial charge in [-0.2, -0.15) is 5.10 Å². The van der Waals surface area contributed by atoms with Crippen molar-refractivity contribution >= 4 is 35.3 Å². The molecule has 2 aromatic rings. The highest BCUT2D eigenvalue weighted by atomic mass is 32.1. The van der Waals surface area contributed by atoms with Crippen molar-refractivity contribution in [3.05, 3.63) is 40.4 Å².